The SMILES string of the molecule is CC(C)[C@@H](NC(=O)c1cccs1)C(=O)Nc1ccc(OC(F)(F)F)cc1. The van der Waals surface area contributed by atoms with E-state index < -0.39 is 18.3 Å². The van der Waals surface area contributed by atoms with Crippen LogP contribution < -0.4 is 15.4 Å². The minimum Gasteiger partial charge on any atom is -0.406 e. The fraction of sp³-hybridized carbons (Fsp3) is 0.294. The van der Waals surface area contributed by atoms with Crippen LogP contribution in [0.1, 0.15) is 23.5 Å². The lowest BCUT2D eigenvalue weighted by molar-refractivity contribution is -0.274. The first kappa shape index (κ1) is 19.8. The fourth-order valence-corrected chi connectivity index (χ4v) is 2.74. The minimum atomic E-state index is -4.78. The van der Waals surface area contributed by atoms with Crippen LogP contribution in [0.3, 0.4) is 0 Å². The fourth-order valence-electron chi connectivity index (χ4n) is 2.12. The van der Waals surface area contributed by atoms with E-state index in [9.17, 15) is 22.8 Å². The minimum absolute atomic E-state index is 0.188. The maximum Gasteiger partial charge on any atom is 0.573 e. The first-order chi connectivity index (χ1) is 12.2. The van der Waals surface area contributed by atoms with E-state index in [2.05, 4.69) is 15.4 Å². The standard InChI is InChI=1S/C17H17F3N2O3S/c1-10(2)14(22-15(23)13-4-3-9-26-13)16(24)21-11-5-7-12(8-6-11)25-17(18,19)20/h3-10,14H,1-2H3,(H,21,24)(H,22,23)/t14-/m1/s1. The second kappa shape index (κ2) is 8.22. The number of hydrogen-bond acceptors (Lipinski definition) is 4. The van der Waals surface area contributed by atoms with Gasteiger partial charge >= 0.3 is 6.36 Å². The van der Waals surface area contributed by atoms with E-state index in [0.717, 1.165) is 12.1 Å². The van der Waals surface area contributed by atoms with Gasteiger partial charge in [0, 0.05) is 5.69 Å². The number of rotatable bonds is 6. The van der Waals surface area contributed by atoms with Gasteiger partial charge < -0.3 is 15.4 Å². The molecule has 0 fully saturated rings. The van der Waals surface area contributed by atoms with Gasteiger partial charge in [-0.3, -0.25) is 9.59 Å². The Bertz CT molecular complexity index is 744. The molecule has 2 N–H and O–H groups in total. The van der Waals surface area contributed by atoms with E-state index >= 15 is 0 Å². The summed E-state index contributed by atoms with van der Waals surface area (Å²) in [4.78, 5) is 25.1. The van der Waals surface area contributed by atoms with Gasteiger partial charge in [0.1, 0.15) is 11.8 Å². The smallest absolute Gasteiger partial charge is 0.406 e. The van der Waals surface area contributed by atoms with Gasteiger partial charge in [-0.05, 0) is 41.6 Å². The number of hydrogen-bond donors (Lipinski definition) is 2. The molecule has 1 atom stereocenters. The number of carbonyl (C=O) groups excluding carboxylic acids is 2. The highest BCUT2D eigenvalue weighted by Gasteiger charge is 2.31. The first-order valence-corrected chi connectivity index (χ1v) is 8.55. The molecule has 0 spiro atoms. The summed E-state index contributed by atoms with van der Waals surface area (Å²) in [5.41, 5.74) is 0.292. The van der Waals surface area contributed by atoms with Gasteiger partial charge in [-0.1, -0.05) is 19.9 Å². The summed E-state index contributed by atoms with van der Waals surface area (Å²) in [7, 11) is 0. The highest BCUT2D eigenvalue weighted by molar-refractivity contribution is 7.12. The van der Waals surface area contributed by atoms with Gasteiger partial charge in [0.25, 0.3) is 5.91 Å². The average Bonchev–Trinajstić information content (AvgIpc) is 3.07. The molecule has 2 aromatic rings. The summed E-state index contributed by atoms with van der Waals surface area (Å²) < 4.78 is 40.2. The molecular formula is C17H17F3N2O3S. The van der Waals surface area contributed by atoms with Gasteiger partial charge in [-0.25, -0.2) is 0 Å². The molecule has 0 aliphatic heterocycles. The second-order valence-corrected chi connectivity index (χ2v) is 6.68. The van der Waals surface area contributed by atoms with E-state index in [1.165, 1.54) is 23.5 Å². The Labute approximate surface area is 152 Å². The van der Waals surface area contributed by atoms with Crippen molar-refractivity contribution in [3.05, 3.63) is 46.7 Å². The number of nitrogens with one attached hydrogen (secondary N) is 2. The Balaban J connectivity index is 2.02. The van der Waals surface area contributed by atoms with Crippen LogP contribution in [0.4, 0.5) is 18.9 Å². The normalized spacial score (nSPS) is 12.5. The zero-order valence-electron chi connectivity index (χ0n) is 14.0. The maximum atomic E-state index is 12.4. The van der Waals surface area contributed by atoms with Crippen molar-refractivity contribution in [1.29, 1.82) is 0 Å². The number of thiophene rings is 1. The topological polar surface area (TPSA) is 67.4 Å². The van der Waals surface area contributed by atoms with Crippen molar-refractivity contribution in [3.63, 3.8) is 0 Å². The van der Waals surface area contributed by atoms with Gasteiger partial charge in [0.15, 0.2) is 0 Å². The number of ether oxygens (including phenoxy) is 1. The lowest BCUT2D eigenvalue weighted by Gasteiger charge is -2.21. The van der Waals surface area contributed by atoms with Crippen molar-refractivity contribution >= 4 is 28.8 Å². The molecule has 140 valence electrons. The van der Waals surface area contributed by atoms with E-state index in [4.69, 9.17) is 0 Å². The molecule has 0 aliphatic rings. The average molecular weight is 386 g/mol. The molecule has 5 nitrogen and oxygen atoms in total. The van der Waals surface area contributed by atoms with Gasteiger partial charge in [-0.2, -0.15) is 0 Å². The van der Waals surface area contributed by atoms with Crippen LogP contribution in [0.5, 0.6) is 5.75 Å². The third-order valence-electron chi connectivity index (χ3n) is 3.34. The molecule has 1 aromatic heterocycles. The molecule has 26 heavy (non-hydrogen) atoms. The number of carbonyl (C=O) groups is 2. The molecule has 2 amide bonds. The van der Waals surface area contributed by atoms with Crippen molar-refractivity contribution < 1.29 is 27.5 Å². The van der Waals surface area contributed by atoms with E-state index in [-0.39, 0.29) is 17.6 Å². The third-order valence-corrected chi connectivity index (χ3v) is 4.20. The Hall–Kier alpha value is -2.55. The zero-order valence-corrected chi connectivity index (χ0v) is 14.8. The number of halogens is 3. The number of benzene rings is 1. The zero-order chi connectivity index (χ0) is 19.3. The van der Waals surface area contributed by atoms with Crippen molar-refractivity contribution in [3.8, 4) is 5.75 Å². The summed E-state index contributed by atoms with van der Waals surface area (Å²) in [6.45, 7) is 3.55. The number of alkyl halides is 3. The Morgan fingerprint density at radius 3 is 2.27 bits per heavy atom. The van der Waals surface area contributed by atoms with Crippen molar-refractivity contribution in [2.24, 2.45) is 5.92 Å². The maximum absolute atomic E-state index is 12.4. The predicted octanol–water partition coefficient (Wildman–Crippen LogP) is 4.04. The molecule has 1 aromatic carbocycles. The van der Waals surface area contributed by atoms with Crippen molar-refractivity contribution in [1.82, 2.24) is 5.32 Å². The molecule has 0 bridgehead atoms. The summed E-state index contributed by atoms with van der Waals surface area (Å²) >= 11 is 1.26. The predicted molar refractivity (Wildman–Crippen MR) is 92.2 cm³/mol. The molecular weight excluding hydrogens is 369 g/mol. The highest BCUT2D eigenvalue weighted by Crippen LogP contribution is 2.24. The first-order valence-electron chi connectivity index (χ1n) is 7.67. The van der Waals surface area contributed by atoms with Crippen molar-refractivity contribution in [2.45, 2.75) is 26.3 Å². The Morgan fingerprint density at radius 2 is 1.77 bits per heavy atom. The van der Waals surface area contributed by atoms with Crippen LogP contribution in [0, 0.1) is 5.92 Å². The highest BCUT2D eigenvalue weighted by atomic mass is 32.1. The molecule has 9 heteroatoms. The van der Waals surface area contributed by atoms with Gasteiger partial charge in [0.2, 0.25) is 5.91 Å². The number of anilines is 1. The number of amides is 2. The van der Waals surface area contributed by atoms with Crippen LogP contribution in [-0.2, 0) is 4.79 Å². The van der Waals surface area contributed by atoms with Crippen LogP contribution in [0.25, 0.3) is 0 Å². The molecule has 2 rings (SSSR count). The van der Waals surface area contributed by atoms with Crippen LogP contribution in [-0.4, -0.2) is 24.2 Å². The largest absolute Gasteiger partial charge is 0.573 e. The molecule has 0 saturated carbocycles. The lowest BCUT2D eigenvalue weighted by atomic mass is 10.0. The Morgan fingerprint density at radius 1 is 1.12 bits per heavy atom. The molecule has 1 heterocycles. The summed E-state index contributed by atoms with van der Waals surface area (Å²) in [6, 6.07) is 7.35. The lowest BCUT2D eigenvalue weighted by Crippen LogP contribution is -2.46. The summed E-state index contributed by atoms with van der Waals surface area (Å²) in [5, 5.41) is 7.00. The second-order valence-electron chi connectivity index (χ2n) is 5.73. The molecule has 0 aliphatic carbocycles. The van der Waals surface area contributed by atoms with Gasteiger partial charge in [0.05, 0.1) is 4.88 Å². The summed E-state index contributed by atoms with van der Waals surface area (Å²) in [6.07, 6.45) is -4.78. The van der Waals surface area contributed by atoms with Crippen LogP contribution >= 0.6 is 11.3 Å². The molecule has 0 unspecified atom stereocenters. The molecule has 0 radical (unpaired) electrons. The van der Waals surface area contributed by atoms with Crippen LogP contribution in [0.2, 0.25) is 0 Å². The van der Waals surface area contributed by atoms with Gasteiger partial charge in [-0.15, -0.1) is 24.5 Å². The quantitative estimate of drug-likeness (QED) is 0.787. The summed E-state index contributed by atoms with van der Waals surface area (Å²) in [5.74, 6) is -1.40. The third kappa shape index (κ3) is 5.76. The molecule has 0 saturated heterocycles. The Kier molecular flexibility index (Phi) is 6.25. The van der Waals surface area contributed by atoms with E-state index in [0.29, 0.717) is 10.6 Å². The monoisotopic (exact) mass is 386 g/mol. The van der Waals surface area contributed by atoms with E-state index in [1.807, 2.05) is 0 Å². The van der Waals surface area contributed by atoms with Crippen molar-refractivity contribution in [2.75, 3.05) is 5.32 Å². The van der Waals surface area contributed by atoms with Crippen LogP contribution in [0.15, 0.2) is 41.8 Å². The van der Waals surface area contributed by atoms with E-state index in [1.54, 1.807) is 31.4 Å².